The van der Waals surface area contributed by atoms with Crippen molar-refractivity contribution in [3.63, 3.8) is 0 Å². The number of amidine groups is 1. The van der Waals surface area contributed by atoms with Gasteiger partial charge in [-0.15, -0.1) is 0 Å². The van der Waals surface area contributed by atoms with Crippen LogP contribution in [0.15, 0.2) is 58.4 Å². The number of thioether (sulfide) groups is 1. The normalized spacial score (nSPS) is 18.8. The van der Waals surface area contributed by atoms with Gasteiger partial charge in [-0.25, -0.2) is 4.99 Å². The highest BCUT2D eigenvalue weighted by Crippen LogP contribution is 2.30. The third-order valence-electron chi connectivity index (χ3n) is 4.90. The SMILES string of the molecule is Cc1cccc(N=C2NC(=O)C(=Cc3ccccc3OCC(=O)N3CCCC3)S2)c1. The number of hydrogen-bond donors (Lipinski definition) is 1. The van der Waals surface area contributed by atoms with Crippen LogP contribution in [-0.2, 0) is 9.59 Å². The Bertz CT molecular complexity index is 1030. The van der Waals surface area contributed by atoms with E-state index in [0.29, 0.717) is 15.8 Å². The molecule has 0 aliphatic carbocycles. The average Bonchev–Trinajstić information content (AvgIpc) is 3.38. The first-order valence-electron chi connectivity index (χ1n) is 9.94. The van der Waals surface area contributed by atoms with E-state index in [2.05, 4.69) is 10.3 Å². The molecule has 30 heavy (non-hydrogen) atoms. The first-order chi connectivity index (χ1) is 14.6. The van der Waals surface area contributed by atoms with Crippen LogP contribution in [0.1, 0.15) is 24.0 Å². The van der Waals surface area contributed by atoms with Crippen LogP contribution in [0, 0.1) is 6.92 Å². The predicted octanol–water partition coefficient (Wildman–Crippen LogP) is 3.89. The number of benzene rings is 2. The molecule has 2 saturated heterocycles. The Morgan fingerprint density at radius 2 is 2.00 bits per heavy atom. The van der Waals surface area contributed by atoms with Gasteiger partial charge in [-0.05, 0) is 61.4 Å². The minimum absolute atomic E-state index is 0.000404. The molecule has 2 aliphatic rings. The van der Waals surface area contributed by atoms with Gasteiger partial charge < -0.3 is 15.0 Å². The van der Waals surface area contributed by atoms with Gasteiger partial charge >= 0.3 is 0 Å². The Morgan fingerprint density at radius 3 is 2.80 bits per heavy atom. The molecule has 0 atom stereocenters. The molecule has 6 nitrogen and oxygen atoms in total. The number of aliphatic imine (C=N–C) groups is 1. The highest BCUT2D eigenvalue weighted by atomic mass is 32.2. The monoisotopic (exact) mass is 421 g/mol. The second-order valence-electron chi connectivity index (χ2n) is 7.24. The Labute approximate surface area is 180 Å². The summed E-state index contributed by atoms with van der Waals surface area (Å²) in [5.74, 6) is 0.375. The molecule has 2 amide bonds. The highest BCUT2D eigenvalue weighted by Gasteiger charge is 2.24. The summed E-state index contributed by atoms with van der Waals surface area (Å²) in [6.07, 6.45) is 3.87. The quantitative estimate of drug-likeness (QED) is 0.744. The third kappa shape index (κ3) is 4.91. The number of likely N-dealkylation sites (tertiary alicyclic amines) is 1. The van der Waals surface area contributed by atoms with Gasteiger partial charge in [0.1, 0.15) is 5.75 Å². The predicted molar refractivity (Wildman–Crippen MR) is 120 cm³/mol. The molecule has 0 radical (unpaired) electrons. The topological polar surface area (TPSA) is 71.0 Å². The van der Waals surface area contributed by atoms with E-state index in [4.69, 9.17) is 4.74 Å². The van der Waals surface area contributed by atoms with Crippen LogP contribution >= 0.6 is 11.8 Å². The summed E-state index contributed by atoms with van der Waals surface area (Å²) >= 11 is 1.29. The second kappa shape index (κ2) is 9.17. The maximum absolute atomic E-state index is 12.4. The number of hydrogen-bond acceptors (Lipinski definition) is 5. The van der Waals surface area contributed by atoms with Gasteiger partial charge in [0.25, 0.3) is 11.8 Å². The number of para-hydroxylation sites is 1. The van der Waals surface area contributed by atoms with Gasteiger partial charge in [-0.1, -0.05) is 30.3 Å². The van der Waals surface area contributed by atoms with E-state index in [-0.39, 0.29) is 18.4 Å². The van der Waals surface area contributed by atoms with Gasteiger partial charge in [0.15, 0.2) is 11.8 Å². The molecule has 2 aliphatic heterocycles. The highest BCUT2D eigenvalue weighted by molar-refractivity contribution is 8.18. The van der Waals surface area contributed by atoms with Crippen molar-refractivity contribution in [2.45, 2.75) is 19.8 Å². The van der Waals surface area contributed by atoms with E-state index in [1.807, 2.05) is 60.4 Å². The number of aryl methyl sites for hydroxylation is 1. The lowest BCUT2D eigenvalue weighted by molar-refractivity contribution is -0.132. The molecule has 0 spiro atoms. The number of nitrogens with one attached hydrogen (secondary N) is 1. The summed E-state index contributed by atoms with van der Waals surface area (Å²) in [5, 5.41) is 3.34. The Balaban J connectivity index is 1.48. The molecule has 1 N–H and O–H groups in total. The van der Waals surface area contributed by atoms with Crippen LogP contribution in [0.25, 0.3) is 6.08 Å². The molecule has 0 unspecified atom stereocenters. The van der Waals surface area contributed by atoms with Crippen LogP contribution in [0.4, 0.5) is 5.69 Å². The molecule has 7 heteroatoms. The van der Waals surface area contributed by atoms with Crippen molar-refractivity contribution < 1.29 is 14.3 Å². The second-order valence-corrected chi connectivity index (χ2v) is 8.27. The summed E-state index contributed by atoms with van der Waals surface area (Å²) in [6, 6.07) is 15.2. The zero-order valence-electron chi connectivity index (χ0n) is 16.8. The minimum Gasteiger partial charge on any atom is -0.483 e. The largest absolute Gasteiger partial charge is 0.483 e. The standard InChI is InChI=1S/C23H23N3O3S/c1-16-7-6-9-18(13-16)24-23-25-22(28)20(30-23)14-17-8-2-3-10-19(17)29-15-21(27)26-11-4-5-12-26/h2-3,6-10,13-14H,4-5,11-12,15H2,1H3,(H,24,25,28). The molecule has 154 valence electrons. The van der Waals surface area contributed by atoms with Gasteiger partial charge in [0.05, 0.1) is 10.6 Å². The fourth-order valence-electron chi connectivity index (χ4n) is 3.37. The smallest absolute Gasteiger partial charge is 0.264 e. The van der Waals surface area contributed by atoms with E-state index in [0.717, 1.165) is 42.7 Å². The number of carbonyl (C=O) groups is 2. The molecule has 2 heterocycles. The summed E-state index contributed by atoms with van der Waals surface area (Å²) in [7, 11) is 0. The maximum Gasteiger partial charge on any atom is 0.264 e. The maximum atomic E-state index is 12.4. The number of nitrogens with zero attached hydrogens (tertiary/aromatic N) is 2. The van der Waals surface area contributed by atoms with Gasteiger partial charge in [-0.3, -0.25) is 9.59 Å². The van der Waals surface area contributed by atoms with Crippen molar-refractivity contribution in [1.82, 2.24) is 10.2 Å². The zero-order valence-corrected chi connectivity index (χ0v) is 17.6. The van der Waals surface area contributed by atoms with Crippen molar-refractivity contribution in [3.8, 4) is 5.75 Å². The van der Waals surface area contributed by atoms with E-state index in [9.17, 15) is 9.59 Å². The van der Waals surface area contributed by atoms with E-state index in [1.54, 1.807) is 6.08 Å². The fourth-order valence-corrected chi connectivity index (χ4v) is 4.20. The first-order valence-corrected chi connectivity index (χ1v) is 10.8. The van der Waals surface area contributed by atoms with Gasteiger partial charge in [0.2, 0.25) is 0 Å². The molecular formula is C23H23N3O3S. The minimum atomic E-state index is -0.200. The number of carbonyl (C=O) groups excluding carboxylic acids is 2. The summed E-state index contributed by atoms with van der Waals surface area (Å²) < 4.78 is 5.79. The van der Waals surface area contributed by atoms with E-state index >= 15 is 0 Å². The van der Waals surface area contributed by atoms with Crippen LogP contribution in [0.3, 0.4) is 0 Å². The molecular weight excluding hydrogens is 398 g/mol. The van der Waals surface area contributed by atoms with Crippen LogP contribution in [-0.4, -0.2) is 41.6 Å². The lowest BCUT2D eigenvalue weighted by Gasteiger charge is -2.16. The van der Waals surface area contributed by atoms with Crippen molar-refractivity contribution >= 4 is 40.5 Å². The molecule has 0 saturated carbocycles. The molecule has 2 fully saturated rings. The number of amides is 2. The molecule has 4 rings (SSSR count). The van der Waals surface area contributed by atoms with E-state index in [1.165, 1.54) is 11.8 Å². The van der Waals surface area contributed by atoms with Crippen molar-refractivity contribution in [2.24, 2.45) is 4.99 Å². The van der Waals surface area contributed by atoms with Crippen molar-refractivity contribution in [3.05, 3.63) is 64.6 Å². The first kappa shape index (κ1) is 20.2. The molecule has 2 aromatic rings. The molecule has 0 bridgehead atoms. The van der Waals surface area contributed by atoms with Crippen LogP contribution in [0.5, 0.6) is 5.75 Å². The Morgan fingerprint density at radius 1 is 1.20 bits per heavy atom. The van der Waals surface area contributed by atoms with Crippen molar-refractivity contribution in [2.75, 3.05) is 19.7 Å². The average molecular weight is 422 g/mol. The summed E-state index contributed by atoms with van der Waals surface area (Å²) in [5.41, 5.74) is 2.65. The molecule has 0 aromatic heterocycles. The summed E-state index contributed by atoms with van der Waals surface area (Å²) in [6.45, 7) is 3.60. The lowest BCUT2D eigenvalue weighted by Crippen LogP contribution is -2.32. The van der Waals surface area contributed by atoms with Crippen LogP contribution < -0.4 is 10.1 Å². The lowest BCUT2D eigenvalue weighted by atomic mass is 10.2. The fraction of sp³-hybridized carbons (Fsp3) is 0.261. The number of rotatable bonds is 5. The van der Waals surface area contributed by atoms with Gasteiger partial charge in [0, 0.05) is 18.7 Å². The number of ether oxygens (including phenoxy) is 1. The van der Waals surface area contributed by atoms with Gasteiger partial charge in [-0.2, -0.15) is 0 Å². The zero-order chi connectivity index (χ0) is 20.9. The van der Waals surface area contributed by atoms with Crippen LogP contribution in [0.2, 0.25) is 0 Å². The molecule has 2 aromatic carbocycles. The summed E-state index contributed by atoms with van der Waals surface area (Å²) in [4.78, 5) is 31.6. The van der Waals surface area contributed by atoms with E-state index < -0.39 is 0 Å². The van der Waals surface area contributed by atoms with Crippen molar-refractivity contribution in [1.29, 1.82) is 0 Å². The third-order valence-corrected chi connectivity index (χ3v) is 5.81. The Kier molecular flexibility index (Phi) is 6.18. The Hall–Kier alpha value is -3.06.